The summed E-state index contributed by atoms with van der Waals surface area (Å²) < 4.78 is 0. The molecule has 128 valence electrons. The Morgan fingerprint density at radius 2 is 2.04 bits per heavy atom. The van der Waals surface area contributed by atoms with Gasteiger partial charge in [0, 0.05) is 44.2 Å². The average molecular weight is 325 g/mol. The number of aliphatic hydroxyl groups excluding tert-OH is 1. The Morgan fingerprint density at radius 1 is 1.21 bits per heavy atom. The summed E-state index contributed by atoms with van der Waals surface area (Å²) in [7, 11) is 0. The zero-order valence-electron chi connectivity index (χ0n) is 14.4. The van der Waals surface area contributed by atoms with E-state index in [1.54, 1.807) is 0 Å². The Morgan fingerprint density at radius 3 is 2.71 bits per heavy atom. The number of rotatable bonds is 6. The number of hydrogen-bond donors (Lipinski definition) is 2. The van der Waals surface area contributed by atoms with E-state index in [9.17, 15) is 0 Å². The standard InChI is InChI=1S/C20H27N3O/c1-16-14-23(15-19-4-2-3-11-21-19)12-9-20(16)22-18-7-5-17(6-8-18)10-13-24/h2-8,11,16,20,22,24H,9-10,12-15H2,1H3/t16-,20-/m1/s1. The number of likely N-dealkylation sites (tertiary alicyclic amines) is 1. The van der Waals surface area contributed by atoms with E-state index in [2.05, 4.69) is 58.5 Å². The van der Waals surface area contributed by atoms with Gasteiger partial charge in [-0.3, -0.25) is 9.88 Å². The summed E-state index contributed by atoms with van der Waals surface area (Å²) in [6, 6.07) is 15.1. The molecule has 3 rings (SSSR count). The van der Waals surface area contributed by atoms with Crippen LogP contribution in [0.1, 0.15) is 24.6 Å². The van der Waals surface area contributed by atoms with Crippen LogP contribution in [0.4, 0.5) is 5.69 Å². The van der Waals surface area contributed by atoms with Crippen LogP contribution >= 0.6 is 0 Å². The lowest BCUT2D eigenvalue weighted by molar-refractivity contribution is 0.163. The minimum atomic E-state index is 0.207. The van der Waals surface area contributed by atoms with E-state index in [0.717, 1.165) is 38.2 Å². The second-order valence-corrected chi connectivity index (χ2v) is 6.74. The number of pyridine rings is 1. The van der Waals surface area contributed by atoms with Crippen LogP contribution in [-0.4, -0.2) is 40.7 Å². The summed E-state index contributed by atoms with van der Waals surface area (Å²) in [5.41, 5.74) is 3.50. The number of nitrogens with zero attached hydrogens (tertiary/aromatic N) is 2. The molecule has 0 unspecified atom stereocenters. The average Bonchev–Trinajstić information content (AvgIpc) is 2.60. The number of benzene rings is 1. The summed E-state index contributed by atoms with van der Waals surface area (Å²) in [5.74, 6) is 0.597. The van der Waals surface area contributed by atoms with E-state index < -0.39 is 0 Å². The number of aromatic nitrogens is 1. The van der Waals surface area contributed by atoms with Gasteiger partial charge in [0.15, 0.2) is 0 Å². The van der Waals surface area contributed by atoms with Gasteiger partial charge < -0.3 is 10.4 Å². The van der Waals surface area contributed by atoms with Gasteiger partial charge in [0.25, 0.3) is 0 Å². The first-order chi connectivity index (χ1) is 11.7. The Hall–Kier alpha value is -1.91. The second-order valence-electron chi connectivity index (χ2n) is 6.74. The molecule has 1 aromatic carbocycles. The molecule has 1 fully saturated rings. The Labute approximate surface area is 144 Å². The van der Waals surface area contributed by atoms with E-state index in [-0.39, 0.29) is 6.61 Å². The number of anilines is 1. The molecule has 0 aliphatic carbocycles. The fourth-order valence-electron chi connectivity index (χ4n) is 3.42. The fourth-order valence-corrected chi connectivity index (χ4v) is 3.42. The smallest absolute Gasteiger partial charge is 0.0543 e. The van der Waals surface area contributed by atoms with E-state index >= 15 is 0 Å². The van der Waals surface area contributed by atoms with Crippen molar-refractivity contribution >= 4 is 5.69 Å². The lowest BCUT2D eigenvalue weighted by atomic mass is 9.93. The third-order valence-electron chi connectivity index (χ3n) is 4.81. The molecule has 2 N–H and O–H groups in total. The van der Waals surface area contributed by atoms with Gasteiger partial charge in [0.2, 0.25) is 0 Å². The van der Waals surface area contributed by atoms with Gasteiger partial charge in [-0.25, -0.2) is 0 Å². The van der Waals surface area contributed by atoms with Gasteiger partial charge in [-0.15, -0.1) is 0 Å². The van der Waals surface area contributed by atoms with Gasteiger partial charge in [0.1, 0.15) is 0 Å². The van der Waals surface area contributed by atoms with Crippen molar-refractivity contribution in [1.29, 1.82) is 0 Å². The molecular weight excluding hydrogens is 298 g/mol. The van der Waals surface area contributed by atoms with Crippen LogP contribution in [-0.2, 0) is 13.0 Å². The van der Waals surface area contributed by atoms with Crippen molar-refractivity contribution in [2.75, 3.05) is 25.0 Å². The highest BCUT2D eigenvalue weighted by Crippen LogP contribution is 2.22. The van der Waals surface area contributed by atoms with Crippen molar-refractivity contribution in [2.24, 2.45) is 5.92 Å². The molecule has 1 aliphatic heterocycles. The van der Waals surface area contributed by atoms with E-state index in [4.69, 9.17) is 5.11 Å². The molecule has 1 saturated heterocycles. The van der Waals surface area contributed by atoms with Crippen molar-refractivity contribution in [3.8, 4) is 0 Å². The quantitative estimate of drug-likeness (QED) is 0.857. The molecule has 0 spiro atoms. The summed E-state index contributed by atoms with van der Waals surface area (Å²) >= 11 is 0. The van der Waals surface area contributed by atoms with Crippen molar-refractivity contribution in [3.05, 3.63) is 59.9 Å². The highest BCUT2D eigenvalue weighted by atomic mass is 16.2. The van der Waals surface area contributed by atoms with E-state index in [0.29, 0.717) is 12.0 Å². The molecule has 2 heterocycles. The maximum absolute atomic E-state index is 8.99. The number of piperidine rings is 1. The Balaban J connectivity index is 1.52. The number of hydrogen-bond acceptors (Lipinski definition) is 4. The molecule has 4 nitrogen and oxygen atoms in total. The Kier molecular flexibility index (Phi) is 5.83. The topological polar surface area (TPSA) is 48.4 Å². The van der Waals surface area contributed by atoms with Crippen LogP contribution in [0.2, 0.25) is 0 Å². The van der Waals surface area contributed by atoms with Gasteiger partial charge in [-0.05, 0) is 48.6 Å². The normalized spacial score (nSPS) is 21.6. The first-order valence-corrected chi connectivity index (χ1v) is 8.83. The lowest BCUT2D eigenvalue weighted by Gasteiger charge is -2.37. The monoisotopic (exact) mass is 325 g/mol. The zero-order chi connectivity index (χ0) is 16.8. The molecule has 0 radical (unpaired) electrons. The molecule has 24 heavy (non-hydrogen) atoms. The summed E-state index contributed by atoms with van der Waals surface area (Å²) in [4.78, 5) is 6.93. The van der Waals surface area contributed by atoms with Crippen LogP contribution in [0.5, 0.6) is 0 Å². The van der Waals surface area contributed by atoms with E-state index in [1.165, 1.54) is 11.3 Å². The Bertz CT molecular complexity index is 615. The van der Waals surface area contributed by atoms with Crippen LogP contribution in [0.15, 0.2) is 48.7 Å². The molecule has 2 aromatic rings. The highest BCUT2D eigenvalue weighted by Gasteiger charge is 2.26. The predicted molar refractivity (Wildman–Crippen MR) is 97.9 cm³/mol. The molecule has 0 amide bonds. The number of aliphatic hydroxyl groups is 1. The van der Waals surface area contributed by atoms with Gasteiger partial charge >= 0.3 is 0 Å². The molecular formula is C20H27N3O. The van der Waals surface area contributed by atoms with Crippen LogP contribution in [0.3, 0.4) is 0 Å². The van der Waals surface area contributed by atoms with Crippen LogP contribution < -0.4 is 5.32 Å². The number of nitrogens with one attached hydrogen (secondary N) is 1. The maximum Gasteiger partial charge on any atom is 0.0543 e. The van der Waals surface area contributed by atoms with Crippen molar-refractivity contribution in [1.82, 2.24) is 9.88 Å². The van der Waals surface area contributed by atoms with E-state index in [1.807, 2.05) is 12.3 Å². The summed E-state index contributed by atoms with van der Waals surface area (Å²) in [5, 5.41) is 12.7. The zero-order valence-corrected chi connectivity index (χ0v) is 14.4. The third-order valence-corrected chi connectivity index (χ3v) is 4.81. The first kappa shape index (κ1) is 16.9. The summed E-state index contributed by atoms with van der Waals surface area (Å²) in [6.07, 6.45) is 3.74. The maximum atomic E-state index is 8.99. The van der Waals surface area contributed by atoms with Gasteiger partial charge in [0.05, 0.1) is 5.69 Å². The molecule has 4 heteroatoms. The molecule has 2 atom stereocenters. The highest BCUT2D eigenvalue weighted by molar-refractivity contribution is 5.45. The lowest BCUT2D eigenvalue weighted by Crippen LogP contribution is -2.44. The molecule has 1 aliphatic rings. The largest absolute Gasteiger partial charge is 0.396 e. The summed E-state index contributed by atoms with van der Waals surface area (Å²) in [6.45, 7) is 5.66. The van der Waals surface area contributed by atoms with Crippen LogP contribution in [0.25, 0.3) is 0 Å². The minimum Gasteiger partial charge on any atom is -0.396 e. The van der Waals surface area contributed by atoms with Crippen molar-refractivity contribution < 1.29 is 5.11 Å². The van der Waals surface area contributed by atoms with Crippen molar-refractivity contribution in [3.63, 3.8) is 0 Å². The van der Waals surface area contributed by atoms with Crippen LogP contribution in [0, 0.1) is 5.92 Å². The first-order valence-electron chi connectivity index (χ1n) is 8.83. The third kappa shape index (κ3) is 4.56. The molecule has 1 aromatic heterocycles. The van der Waals surface area contributed by atoms with Gasteiger partial charge in [-0.1, -0.05) is 25.1 Å². The minimum absolute atomic E-state index is 0.207. The van der Waals surface area contributed by atoms with Gasteiger partial charge in [-0.2, -0.15) is 0 Å². The second kappa shape index (κ2) is 8.27. The van der Waals surface area contributed by atoms with Crippen molar-refractivity contribution in [2.45, 2.75) is 32.4 Å². The SMILES string of the molecule is C[C@@H]1CN(Cc2ccccn2)CC[C@H]1Nc1ccc(CCO)cc1. The molecule has 0 saturated carbocycles. The molecule has 0 bridgehead atoms. The fraction of sp³-hybridized carbons (Fsp3) is 0.450. The predicted octanol–water partition coefficient (Wildman–Crippen LogP) is 2.94.